The number of carbonyl (C=O) groups is 2. The summed E-state index contributed by atoms with van der Waals surface area (Å²) in [5.74, 6) is 0.969. The number of imide groups is 1. The fraction of sp³-hybridized carbons (Fsp3) is 0.360. The molecule has 0 radical (unpaired) electrons. The molecule has 0 saturated carbocycles. The number of benzene rings is 2. The summed E-state index contributed by atoms with van der Waals surface area (Å²) in [5, 5.41) is 14.5. The molecule has 0 bridgehead atoms. The lowest BCUT2D eigenvalue weighted by Crippen LogP contribution is -2.41. The van der Waals surface area contributed by atoms with Gasteiger partial charge in [0.1, 0.15) is 0 Å². The summed E-state index contributed by atoms with van der Waals surface area (Å²) in [4.78, 5) is 24.3. The maximum Gasteiger partial charge on any atom is 0.321 e. The van der Waals surface area contributed by atoms with Crippen molar-refractivity contribution in [1.82, 2.24) is 25.4 Å². The molecule has 0 spiro atoms. The number of aromatic nitrogens is 3. The Balaban J connectivity index is 1.89. The van der Waals surface area contributed by atoms with E-state index in [-0.39, 0.29) is 11.7 Å². The van der Waals surface area contributed by atoms with Crippen LogP contribution in [0.4, 0.5) is 4.79 Å². The molecule has 0 atom stereocenters. The molecule has 0 saturated heterocycles. The zero-order valence-electron chi connectivity index (χ0n) is 19.8. The largest absolute Gasteiger partial charge is 0.338 e. The first-order chi connectivity index (χ1) is 15.8. The Morgan fingerprint density at radius 1 is 1.00 bits per heavy atom. The first-order valence-corrected chi connectivity index (χ1v) is 12.1. The molecule has 174 valence electrons. The third-order valence-electron chi connectivity index (χ3n) is 5.00. The molecule has 3 rings (SSSR count). The number of aryl methyl sites for hydroxylation is 1. The molecule has 1 aromatic heterocycles. The Bertz CT molecular complexity index is 1110. The molecule has 0 aliphatic carbocycles. The van der Waals surface area contributed by atoms with Gasteiger partial charge in [0.25, 0.3) is 0 Å². The number of thioether (sulfide) groups is 1. The number of hydrogen-bond donors (Lipinski definition) is 2. The highest BCUT2D eigenvalue weighted by molar-refractivity contribution is 7.99. The lowest BCUT2D eigenvalue weighted by molar-refractivity contribution is -0.117. The second-order valence-electron chi connectivity index (χ2n) is 8.66. The van der Waals surface area contributed by atoms with Crippen molar-refractivity contribution in [3.8, 4) is 17.1 Å². The van der Waals surface area contributed by atoms with E-state index in [1.165, 1.54) is 11.8 Å². The molecule has 1 heterocycles. The molecule has 2 aromatic carbocycles. The van der Waals surface area contributed by atoms with Crippen LogP contribution in [-0.4, -0.2) is 39.0 Å². The standard InChI is InChI=1S/C25H31N5O2S/c1-16(2)14-26-24(32)27-22(31)15-33-25-29-28-23(19-12-10-18(5)11-13-19)30(25)21-9-7-6-8-20(21)17(3)4/h6-13,16-17H,14-15H2,1-5H3,(H2,26,27,31,32). The van der Waals surface area contributed by atoms with Gasteiger partial charge in [-0.25, -0.2) is 4.79 Å². The molecule has 2 N–H and O–H groups in total. The quantitative estimate of drug-likeness (QED) is 0.460. The molecular formula is C25H31N5O2S. The van der Waals surface area contributed by atoms with Crippen LogP contribution in [0.15, 0.2) is 53.7 Å². The Hall–Kier alpha value is -3.13. The normalized spacial score (nSPS) is 11.1. The van der Waals surface area contributed by atoms with Gasteiger partial charge >= 0.3 is 6.03 Å². The molecule has 8 heteroatoms. The first kappa shape index (κ1) is 24.5. The van der Waals surface area contributed by atoms with E-state index in [0.29, 0.717) is 29.4 Å². The van der Waals surface area contributed by atoms with E-state index in [1.54, 1.807) is 0 Å². The molecule has 7 nitrogen and oxygen atoms in total. The average Bonchev–Trinajstić information content (AvgIpc) is 3.20. The zero-order valence-corrected chi connectivity index (χ0v) is 20.6. The van der Waals surface area contributed by atoms with Crippen molar-refractivity contribution in [3.05, 3.63) is 59.7 Å². The van der Waals surface area contributed by atoms with Gasteiger partial charge in [0.05, 0.1) is 11.4 Å². The van der Waals surface area contributed by atoms with Crippen molar-refractivity contribution in [2.75, 3.05) is 12.3 Å². The second-order valence-corrected chi connectivity index (χ2v) is 9.60. The Morgan fingerprint density at radius 3 is 2.36 bits per heavy atom. The smallest absolute Gasteiger partial charge is 0.321 e. The summed E-state index contributed by atoms with van der Waals surface area (Å²) >= 11 is 1.25. The van der Waals surface area contributed by atoms with Crippen LogP contribution in [0.2, 0.25) is 0 Å². The average molecular weight is 466 g/mol. The van der Waals surface area contributed by atoms with Crippen molar-refractivity contribution in [2.45, 2.75) is 45.7 Å². The van der Waals surface area contributed by atoms with Gasteiger partial charge in [-0.15, -0.1) is 10.2 Å². The minimum absolute atomic E-state index is 0.0466. The van der Waals surface area contributed by atoms with E-state index in [0.717, 1.165) is 22.4 Å². The van der Waals surface area contributed by atoms with E-state index < -0.39 is 6.03 Å². The highest BCUT2D eigenvalue weighted by Crippen LogP contribution is 2.32. The van der Waals surface area contributed by atoms with Crippen LogP contribution in [0.1, 0.15) is 44.7 Å². The van der Waals surface area contributed by atoms with E-state index in [2.05, 4.69) is 40.7 Å². The van der Waals surface area contributed by atoms with Crippen LogP contribution in [-0.2, 0) is 4.79 Å². The zero-order chi connectivity index (χ0) is 24.0. The summed E-state index contributed by atoms with van der Waals surface area (Å²) < 4.78 is 2.00. The first-order valence-electron chi connectivity index (χ1n) is 11.1. The third-order valence-corrected chi connectivity index (χ3v) is 5.93. The molecule has 0 unspecified atom stereocenters. The van der Waals surface area contributed by atoms with Crippen molar-refractivity contribution in [2.24, 2.45) is 5.92 Å². The molecule has 33 heavy (non-hydrogen) atoms. The molecule has 0 aliphatic rings. The summed E-state index contributed by atoms with van der Waals surface area (Å²) in [6.07, 6.45) is 0. The molecular weight excluding hydrogens is 434 g/mol. The van der Waals surface area contributed by atoms with Gasteiger partial charge in [0.15, 0.2) is 11.0 Å². The Kier molecular flexibility index (Phi) is 8.27. The van der Waals surface area contributed by atoms with E-state index in [1.807, 2.05) is 67.8 Å². The van der Waals surface area contributed by atoms with E-state index >= 15 is 0 Å². The molecule has 3 amide bonds. The third kappa shape index (κ3) is 6.44. The SMILES string of the molecule is Cc1ccc(-c2nnc(SCC(=O)NC(=O)NCC(C)C)n2-c2ccccc2C(C)C)cc1. The van der Waals surface area contributed by atoms with Gasteiger partial charge in [0.2, 0.25) is 5.91 Å². The number of carbonyl (C=O) groups excluding carboxylic acids is 2. The number of amides is 3. The fourth-order valence-electron chi connectivity index (χ4n) is 3.28. The topological polar surface area (TPSA) is 88.9 Å². The lowest BCUT2D eigenvalue weighted by atomic mass is 10.0. The van der Waals surface area contributed by atoms with Crippen LogP contribution in [0.3, 0.4) is 0 Å². The fourth-order valence-corrected chi connectivity index (χ4v) is 4.03. The second kappa shape index (κ2) is 11.1. The predicted octanol–water partition coefficient (Wildman–Crippen LogP) is 4.94. The van der Waals surface area contributed by atoms with E-state index in [9.17, 15) is 9.59 Å². The molecule has 0 aliphatic heterocycles. The molecule has 3 aromatic rings. The highest BCUT2D eigenvalue weighted by atomic mass is 32.2. The van der Waals surface area contributed by atoms with E-state index in [4.69, 9.17) is 0 Å². The number of nitrogens with zero attached hydrogens (tertiary/aromatic N) is 3. The Labute approximate surface area is 199 Å². The van der Waals surface area contributed by atoms with Gasteiger partial charge in [-0.3, -0.25) is 14.7 Å². The van der Waals surface area contributed by atoms with Crippen LogP contribution in [0.5, 0.6) is 0 Å². The Morgan fingerprint density at radius 2 is 1.70 bits per heavy atom. The predicted molar refractivity (Wildman–Crippen MR) is 133 cm³/mol. The van der Waals surface area contributed by atoms with Crippen LogP contribution in [0.25, 0.3) is 17.1 Å². The van der Waals surface area contributed by atoms with Crippen LogP contribution < -0.4 is 10.6 Å². The number of urea groups is 1. The van der Waals surface area contributed by atoms with Crippen molar-refractivity contribution >= 4 is 23.7 Å². The van der Waals surface area contributed by atoms with Crippen LogP contribution >= 0.6 is 11.8 Å². The monoisotopic (exact) mass is 465 g/mol. The van der Waals surface area contributed by atoms with Gasteiger partial charge in [0, 0.05) is 12.1 Å². The summed E-state index contributed by atoms with van der Waals surface area (Å²) in [5.41, 5.74) is 4.24. The maximum absolute atomic E-state index is 12.4. The van der Waals surface area contributed by atoms with Crippen molar-refractivity contribution in [3.63, 3.8) is 0 Å². The van der Waals surface area contributed by atoms with Gasteiger partial charge in [-0.05, 0) is 30.4 Å². The number of hydrogen-bond acceptors (Lipinski definition) is 5. The maximum atomic E-state index is 12.4. The van der Waals surface area contributed by atoms with Gasteiger partial charge < -0.3 is 5.32 Å². The number of nitrogens with one attached hydrogen (secondary N) is 2. The summed E-state index contributed by atoms with van der Waals surface area (Å²) in [6, 6.07) is 15.8. The van der Waals surface area contributed by atoms with Crippen molar-refractivity contribution in [1.29, 1.82) is 0 Å². The minimum Gasteiger partial charge on any atom is -0.338 e. The highest BCUT2D eigenvalue weighted by Gasteiger charge is 2.20. The summed E-state index contributed by atoms with van der Waals surface area (Å²) in [6.45, 7) is 10.8. The minimum atomic E-state index is -0.485. The van der Waals surface area contributed by atoms with Gasteiger partial charge in [-0.1, -0.05) is 87.5 Å². The van der Waals surface area contributed by atoms with Crippen molar-refractivity contribution < 1.29 is 9.59 Å². The molecule has 0 fully saturated rings. The number of para-hydroxylation sites is 1. The number of rotatable bonds is 8. The van der Waals surface area contributed by atoms with Gasteiger partial charge in [-0.2, -0.15) is 0 Å². The summed E-state index contributed by atoms with van der Waals surface area (Å²) in [7, 11) is 0. The van der Waals surface area contributed by atoms with Crippen LogP contribution in [0, 0.1) is 12.8 Å². The lowest BCUT2D eigenvalue weighted by Gasteiger charge is -2.17.